The molecule has 14 heavy (non-hydrogen) atoms. The average molecular weight is 300 g/mol. The van der Waals surface area contributed by atoms with E-state index >= 15 is 0 Å². The van der Waals surface area contributed by atoms with Crippen LogP contribution in [0.4, 0.5) is 0 Å². The van der Waals surface area contributed by atoms with E-state index in [0.29, 0.717) is 0 Å². The first-order valence-corrected chi connectivity index (χ1v) is 7.01. The van der Waals surface area contributed by atoms with Crippen molar-refractivity contribution in [1.82, 2.24) is 0 Å². The van der Waals surface area contributed by atoms with Crippen molar-refractivity contribution in [3.63, 3.8) is 0 Å². The maximum atomic E-state index is 4.77. The summed E-state index contributed by atoms with van der Waals surface area (Å²) < 4.78 is 6.26. The van der Waals surface area contributed by atoms with Crippen molar-refractivity contribution in [3.05, 3.63) is 33.4 Å². The van der Waals surface area contributed by atoms with E-state index in [0.717, 1.165) is 6.42 Å². The Hall–Kier alpha value is -0.380. The number of benzene rings is 1. The zero-order valence-electron chi connectivity index (χ0n) is 8.84. The summed E-state index contributed by atoms with van der Waals surface area (Å²) in [4.78, 5) is 0. The van der Waals surface area contributed by atoms with E-state index in [2.05, 4.69) is 45.0 Å². The van der Waals surface area contributed by atoms with Crippen LogP contribution in [0.25, 0.3) is 0 Å². The standard InChI is InChI=1S/C12H15IN/c1-4-12(2,3)11-9-7-5-6-8-10(9)13-14-11/h5-8H,4H2,1-3H3/q-1. The van der Waals surface area contributed by atoms with Crippen LogP contribution in [0.15, 0.2) is 27.5 Å². The van der Waals surface area contributed by atoms with Crippen LogP contribution in [0.5, 0.6) is 0 Å². The molecule has 76 valence electrons. The van der Waals surface area contributed by atoms with E-state index in [1.54, 1.807) is 0 Å². The van der Waals surface area contributed by atoms with Crippen LogP contribution in [0, 0.1) is 8.99 Å². The van der Waals surface area contributed by atoms with E-state index in [4.69, 9.17) is 3.21 Å². The zero-order valence-corrected chi connectivity index (χ0v) is 11.0. The minimum atomic E-state index is -0.102. The van der Waals surface area contributed by atoms with Gasteiger partial charge in [-0.15, -0.1) is 0 Å². The Labute approximate surface area is 96.3 Å². The third-order valence-corrected chi connectivity index (χ3v) is 5.06. The first kappa shape index (κ1) is 10.1. The molecule has 2 rings (SSSR count). The molecule has 1 aromatic carbocycles. The Kier molecular flexibility index (Phi) is 2.64. The van der Waals surface area contributed by atoms with Gasteiger partial charge in [-0.05, 0) is 0 Å². The van der Waals surface area contributed by atoms with Crippen LogP contribution in [0.3, 0.4) is 0 Å². The summed E-state index contributed by atoms with van der Waals surface area (Å²) in [7, 11) is 0. The molecule has 1 nitrogen and oxygen atoms in total. The van der Waals surface area contributed by atoms with Gasteiger partial charge in [-0.2, -0.15) is 0 Å². The second-order valence-electron chi connectivity index (χ2n) is 4.23. The summed E-state index contributed by atoms with van der Waals surface area (Å²) in [5.41, 5.74) is 2.99. The van der Waals surface area contributed by atoms with Gasteiger partial charge in [-0.25, -0.2) is 0 Å². The van der Waals surface area contributed by atoms with E-state index in [1.165, 1.54) is 14.8 Å². The van der Waals surface area contributed by atoms with Crippen LogP contribution in [-0.2, 0) is 0 Å². The van der Waals surface area contributed by atoms with Crippen LogP contribution < -0.4 is 21.5 Å². The number of fused-ring (bicyclic) bond motifs is 1. The van der Waals surface area contributed by atoms with Gasteiger partial charge in [0.2, 0.25) is 0 Å². The number of nitrogens with zero attached hydrogens (tertiary/aromatic N) is 1. The van der Waals surface area contributed by atoms with E-state index in [1.807, 2.05) is 0 Å². The molecule has 0 aromatic heterocycles. The molecular formula is C12H15IN-. The zero-order chi connectivity index (χ0) is 10.2. The third-order valence-electron chi connectivity index (χ3n) is 2.87. The summed E-state index contributed by atoms with van der Waals surface area (Å²) in [6.45, 7) is 6.82. The number of hydrogen-bond acceptors (Lipinski definition) is 1. The molecule has 1 heterocycles. The van der Waals surface area contributed by atoms with Gasteiger partial charge in [0.05, 0.1) is 0 Å². The molecule has 0 radical (unpaired) electrons. The van der Waals surface area contributed by atoms with Crippen molar-refractivity contribution in [2.75, 3.05) is 0 Å². The quantitative estimate of drug-likeness (QED) is 0.687. The summed E-state index contributed by atoms with van der Waals surface area (Å²) in [6, 6.07) is 8.69. The van der Waals surface area contributed by atoms with Crippen molar-refractivity contribution >= 4 is 5.71 Å². The van der Waals surface area contributed by atoms with E-state index in [-0.39, 0.29) is 26.9 Å². The molecule has 0 N–H and O–H groups in total. The maximum absolute atomic E-state index is 4.77. The van der Waals surface area contributed by atoms with Gasteiger partial charge in [-0.3, -0.25) is 0 Å². The predicted octanol–water partition coefficient (Wildman–Crippen LogP) is 0.0991. The normalized spacial score (nSPS) is 15.8. The Morgan fingerprint density at radius 3 is 2.71 bits per heavy atom. The summed E-state index contributed by atoms with van der Waals surface area (Å²) in [6.07, 6.45) is 1.16. The molecule has 0 fully saturated rings. The van der Waals surface area contributed by atoms with E-state index in [9.17, 15) is 0 Å². The topological polar surface area (TPSA) is 12.4 Å². The van der Waals surface area contributed by atoms with Gasteiger partial charge in [0.1, 0.15) is 0 Å². The van der Waals surface area contributed by atoms with Crippen molar-refractivity contribution in [1.29, 1.82) is 0 Å². The molecule has 0 unspecified atom stereocenters. The van der Waals surface area contributed by atoms with E-state index < -0.39 is 0 Å². The average Bonchev–Trinajstić information content (AvgIpc) is 2.61. The SMILES string of the molecule is CCC(C)(C)C1=N[I-]c2ccccc21. The fourth-order valence-corrected chi connectivity index (χ4v) is 3.98. The molecule has 0 bridgehead atoms. The van der Waals surface area contributed by atoms with Crippen LogP contribution >= 0.6 is 0 Å². The van der Waals surface area contributed by atoms with Crippen molar-refractivity contribution in [2.24, 2.45) is 8.62 Å². The summed E-state index contributed by atoms with van der Waals surface area (Å²) in [5.74, 6) is 0. The third kappa shape index (κ3) is 1.60. The molecule has 0 saturated heterocycles. The number of hydrogen-bond donors (Lipinski definition) is 0. The Morgan fingerprint density at radius 1 is 1.29 bits per heavy atom. The summed E-state index contributed by atoms with van der Waals surface area (Å²) in [5, 5.41) is 0. The monoisotopic (exact) mass is 300 g/mol. The number of halogens is 1. The van der Waals surface area contributed by atoms with Crippen molar-refractivity contribution < 1.29 is 21.5 Å². The Morgan fingerprint density at radius 2 is 2.00 bits per heavy atom. The fourth-order valence-electron chi connectivity index (χ4n) is 1.51. The second-order valence-corrected chi connectivity index (χ2v) is 6.36. The molecule has 2 heteroatoms. The molecule has 0 amide bonds. The van der Waals surface area contributed by atoms with Crippen LogP contribution in [-0.4, -0.2) is 5.71 Å². The van der Waals surface area contributed by atoms with Gasteiger partial charge >= 0.3 is 96.4 Å². The first-order chi connectivity index (χ1) is 6.65. The molecule has 0 saturated carbocycles. The molecule has 1 aliphatic heterocycles. The Bertz CT molecular complexity index is 380. The van der Waals surface area contributed by atoms with Crippen LogP contribution in [0.1, 0.15) is 32.8 Å². The molecule has 0 atom stereocenters. The summed E-state index contributed by atoms with van der Waals surface area (Å²) >= 11 is -0.102. The van der Waals surface area contributed by atoms with Gasteiger partial charge < -0.3 is 0 Å². The molecule has 1 aromatic rings. The van der Waals surface area contributed by atoms with Crippen molar-refractivity contribution in [2.45, 2.75) is 27.2 Å². The fraction of sp³-hybridized carbons (Fsp3) is 0.417. The van der Waals surface area contributed by atoms with Crippen molar-refractivity contribution in [3.8, 4) is 0 Å². The molecule has 0 aliphatic carbocycles. The first-order valence-electron chi connectivity index (χ1n) is 4.97. The predicted molar refractivity (Wildman–Crippen MR) is 55.7 cm³/mol. The Balaban J connectivity index is 2.43. The van der Waals surface area contributed by atoms with Crippen LogP contribution in [0.2, 0.25) is 0 Å². The van der Waals surface area contributed by atoms with Gasteiger partial charge in [-0.1, -0.05) is 0 Å². The molecule has 1 aliphatic rings. The minimum absolute atomic E-state index is 0.102. The molecular weight excluding hydrogens is 285 g/mol. The molecule has 0 spiro atoms. The second kappa shape index (κ2) is 3.65. The van der Waals surface area contributed by atoms with Gasteiger partial charge in [0, 0.05) is 0 Å². The number of rotatable bonds is 2. The van der Waals surface area contributed by atoms with Gasteiger partial charge in [0.25, 0.3) is 0 Å². The van der Waals surface area contributed by atoms with Gasteiger partial charge in [0.15, 0.2) is 0 Å².